The molecule has 4 aromatic rings. The molecule has 1 aliphatic rings. The molecule has 0 saturated heterocycles. The van der Waals surface area contributed by atoms with Crippen LogP contribution in [0.2, 0.25) is 5.02 Å². The van der Waals surface area contributed by atoms with Crippen molar-refractivity contribution in [1.29, 1.82) is 0 Å². The van der Waals surface area contributed by atoms with Gasteiger partial charge in [0.05, 0.1) is 39.0 Å². The standard InChI is InChI=1S/C28H20ClFN2O6S/c1-3-37-27(36)23-14(2)31-28-32(24(23)15-4-7-17(30)8-5-15)25(33)22(39-28)13-18-9-11-21(38-18)19-12-16(26(34)35)6-10-20(19)29/h4-13,24H,3H2,1-2H3,(H,34,35)/b22-13+/t24-/m1/s1. The minimum atomic E-state index is -1.10. The van der Waals surface area contributed by atoms with Gasteiger partial charge in [0.15, 0.2) is 4.80 Å². The van der Waals surface area contributed by atoms with Crippen molar-refractivity contribution in [3.63, 3.8) is 0 Å². The molecule has 0 aliphatic carbocycles. The van der Waals surface area contributed by atoms with Crippen LogP contribution in [-0.2, 0) is 9.53 Å². The van der Waals surface area contributed by atoms with E-state index in [9.17, 15) is 23.9 Å². The molecule has 0 spiro atoms. The monoisotopic (exact) mass is 566 g/mol. The number of carboxylic acids is 1. The average Bonchev–Trinajstić information content (AvgIpc) is 3.48. The Morgan fingerprint density at radius 2 is 1.95 bits per heavy atom. The van der Waals surface area contributed by atoms with Crippen molar-refractivity contribution >= 4 is 41.0 Å². The number of carbonyl (C=O) groups is 2. The number of furan rings is 1. The van der Waals surface area contributed by atoms with Crippen molar-refractivity contribution in [3.05, 3.63) is 113 Å². The smallest absolute Gasteiger partial charge is 0.338 e. The van der Waals surface area contributed by atoms with Crippen LogP contribution < -0.4 is 14.9 Å². The molecule has 1 atom stereocenters. The normalized spacial score (nSPS) is 15.2. The van der Waals surface area contributed by atoms with Gasteiger partial charge in [-0.1, -0.05) is 35.1 Å². The lowest BCUT2D eigenvalue weighted by Crippen LogP contribution is -2.39. The molecule has 0 saturated carbocycles. The molecule has 0 bridgehead atoms. The summed E-state index contributed by atoms with van der Waals surface area (Å²) < 4.78 is 26.5. The van der Waals surface area contributed by atoms with E-state index in [0.717, 1.165) is 11.3 Å². The lowest BCUT2D eigenvalue weighted by atomic mass is 9.96. The Morgan fingerprint density at radius 3 is 2.64 bits per heavy atom. The highest BCUT2D eigenvalue weighted by Gasteiger charge is 2.33. The number of allylic oxidation sites excluding steroid dienone is 1. The van der Waals surface area contributed by atoms with Crippen LogP contribution in [0.4, 0.5) is 4.39 Å². The van der Waals surface area contributed by atoms with Crippen LogP contribution in [-0.4, -0.2) is 28.2 Å². The number of fused-ring (bicyclic) bond motifs is 1. The number of carboxylic acid groups (broad SMARTS) is 1. The summed E-state index contributed by atoms with van der Waals surface area (Å²) in [5, 5.41) is 9.61. The maximum absolute atomic E-state index is 13.7. The fourth-order valence-corrected chi connectivity index (χ4v) is 5.54. The fourth-order valence-electron chi connectivity index (χ4n) is 4.30. The third-order valence-electron chi connectivity index (χ3n) is 6.08. The van der Waals surface area contributed by atoms with Gasteiger partial charge < -0.3 is 14.3 Å². The van der Waals surface area contributed by atoms with Crippen LogP contribution >= 0.6 is 22.9 Å². The lowest BCUT2D eigenvalue weighted by Gasteiger charge is -2.24. The van der Waals surface area contributed by atoms with Gasteiger partial charge in [-0.2, -0.15) is 0 Å². The molecule has 0 amide bonds. The summed E-state index contributed by atoms with van der Waals surface area (Å²) >= 11 is 7.37. The Kier molecular flexibility index (Phi) is 7.07. The number of aromatic nitrogens is 1. The number of benzene rings is 2. The van der Waals surface area contributed by atoms with Crippen molar-refractivity contribution < 1.29 is 28.2 Å². The van der Waals surface area contributed by atoms with Crippen molar-refractivity contribution in [1.82, 2.24) is 4.57 Å². The average molecular weight is 567 g/mol. The van der Waals surface area contributed by atoms with Gasteiger partial charge in [-0.25, -0.2) is 19.0 Å². The first-order valence-corrected chi connectivity index (χ1v) is 13.0. The summed E-state index contributed by atoms with van der Waals surface area (Å²) in [5.74, 6) is -1.52. The Morgan fingerprint density at radius 1 is 1.21 bits per heavy atom. The van der Waals surface area contributed by atoms with Gasteiger partial charge in [-0.05, 0) is 61.9 Å². The number of carbonyl (C=O) groups excluding carboxylic acids is 1. The molecule has 0 unspecified atom stereocenters. The van der Waals surface area contributed by atoms with E-state index in [0.29, 0.717) is 38.2 Å². The number of thiazole rings is 1. The van der Waals surface area contributed by atoms with Crippen LogP contribution in [0.1, 0.15) is 41.6 Å². The molecule has 2 aromatic carbocycles. The Balaban J connectivity index is 1.62. The molecule has 8 nitrogen and oxygen atoms in total. The molecular formula is C28H20ClFN2O6S. The second-order valence-corrected chi connectivity index (χ2v) is 9.97. The van der Waals surface area contributed by atoms with Crippen molar-refractivity contribution in [2.45, 2.75) is 19.9 Å². The zero-order valence-corrected chi connectivity index (χ0v) is 22.2. The molecule has 1 aliphatic heterocycles. The largest absolute Gasteiger partial charge is 0.478 e. The Labute approximate surface area is 229 Å². The van der Waals surface area contributed by atoms with Gasteiger partial charge in [0.2, 0.25) is 0 Å². The fraction of sp³-hybridized carbons (Fsp3) is 0.143. The van der Waals surface area contributed by atoms with Crippen molar-refractivity contribution in [2.24, 2.45) is 4.99 Å². The second kappa shape index (κ2) is 10.5. The first-order valence-electron chi connectivity index (χ1n) is 11.8. The molecule has 1 N–H and O–H groups in total. The van der Waals surface area contributed by atoms with E-state index in [1.54, 1.807) is 26.0 Å². The number of hydrogen-bond donors (Lipinski definition) is 1. The number of rotatable bonds is 6. The van der Waals surface area contributed by atoms with Crippen LogP contribution in [0.15, 0.2) is 80.1 Å². The van der Waals surface area contributed by atoms with E-state index in [-0.39, 0.29) is 22.3 Å². The summed E-state index contributed by atoms with van der Waals surface area (Å²) in [5.41, 5.74) is 1.12. The maximum Gasteiger partial charge on any atom is 0.338 e. The van der Waals surface area contributed by atoms with E-state index in [1.165, 1.54) is 53.1 Å². The Bertz CT molecular complexity index is 1830. The minimum absolute atomic E-state index is 0.0502. The molecule has 39 heavy (non-hydrogen) atoms. The van der Waals surface area contributed by atoms with Crippen LogP contribution in [0.3, 0.4) is 0 Å². The summed E-state index contributed by atoms with van der Waals surface area (Å²) in [7, 11) is 0. The van der Waals surface area contributed by atoms with Gasteiger partial charge in [-0.3, -0.25) is 9.36 Å². The number of halogens is 2. The highest BCUT2D eigenvalue weighted by Crippen LogP contribution is 2.32. The molecule has 11 heteroatoms. The van der Waals surface area contributed by atoms with E-state index in [2.05, 4.69) is 4.99 Å². The number of esters is 1. The van der Waals surface area contributed by atoms with Crippen molar-refractivity contribution in [2.75, 3.05) is 6.61 Å². The predicted molar refractivity (Wildman–Crippen MR) is 143 cm³/mol. The minimum Gasteiger partial charge on any atom is -0.478 e. The maximum atomic E-state index is 13.7. The number of nitrogens with zero attached hydrogens (tertiary/aromatic N) is 2. The highest BCUT2D eigenvalue weighted by atomic mass is 35.5. The highest BCUT2D eigenvalue weighted by molar-refractivity contribution is 7.07. The van der Waals surface area contributed by atoms with E-state index >= 15 is 0 Å². The predicted octanol–water partition coefficient (Wildman–Crippen LogP) is 4.55. The molecule has 5 rings (SSSR count). The van der Waals surface area contributed by atoms with Gasteiger partial charge in [0.25, 0.3) is 5.56 Å². The number of ether oxygens (including phenoxy) is 1. The van der Waals surface area contributed by atoms with Gasteiger partial charge in [-0.15, -0.1) is 0 Å². The van der Waals surface area contributed by atoms with Crippen LogP contribution in [0.5, 0.6) is 0 Å². The molecule has 0 fully saturated rings. The summed E-state index contributed by atoms with van der Waals surface area (Å²) in [6.45, 7) is 3.47. The quantitative estimate of drug-likeness (QED) is 0.343. The summed E-state index contributed by atoms with van der Waals surface area (Å²) in [6.07, 6.45) is 1.54. The van der Waals surface area contributed by atoms with Gasteiger partial charge in [0, 0.05) is 11.6 Å². The molecule has 198 valence electrons. The first kappa shape index (κ1) is 26.3. The summed E-state index contributed by atoms with van der Waals surface area (Å²) in [4.78, 5) is 42.8. The third-order valence-corrected chi connectivity index (χ3v) is 7.39. The summed E-state index contributed by atoms with van der Waals surface area (Å²) in [6, 6.07) is 12.2. The SMILES string of the molecule is CCOC(=O)C1=C(C)N=c2s/c(=C/c3ccc(-c4cc(C(=O)O)ccc4Cl)o3)c(=O)n2[C@@H]1c1ccc(F)cc1. The number of aromatic carboxylic acids is 1. The van der Waals surface area contributed by atoms with Crippen LogP contribution in [0, 0.1) is 5.82 Å². The van der Waals surface area contributed by atoms with E-state index in [1.807, 2.05) is 0 Å². The van der Waals surface area contributed by atoms with Crippen LogP contribution in [0.25, 0.3) is 17.4 Å². The molecule has 3 heterocycles. The van der Waals surface area contributed by atoms with E-state index in [4.69, 9.17) is 20.8 Å². The second-order valence-electron chi connectivity index (χ2n) is 8.56. The zero-order chi connectivity index (χ0) is 27.8. The van der Waals surface area contributed by atoms with Gasteiger partial charge in [0.1, 0.15) is 17.3 Å². The topological polar surface area (TPSA) is 111 Å². The molecule has 0 radical (unpaired) electrons. The van der Waals surface area contributed by atoms with Gasteiger partial charge >= 0.3 is 11.9 Å². The lowest BCUT2D eigenvalue weighted by molar-refractivity contribution is -0.139. The zero-order valence-electron chi connectivity index (χ0n) is 20.6. The Hall–Kier alpha value is -4.28. The first-order chi connectivity index (χ1) is 18.7. The molecule has 2 aromatic heterocycles. The number of hydrogen-bond acceptors (Lipinski definition) is 7. The molecular weight excluding hydrogens is 547 g/mol. The third kappa shape index (κ3) is 4.96. The van der Waals surface area contributed by atoms with E-state index < -0.39 is 29.4 Å². The van der Waals surface area contributed by atoms with Crippen molar-refractivity contribution in [3.8, 4) is 11.3 Å².